The lowest BCUT2D eigenvalue weighted by atomic mass is 10.0. The highest BCUT2D eigenvalue weighted by Crippen LogP contribution is 2.43. The zero-order valence-electron chi connectivity index (χ0n) is 36.9. The summed E-state index contributed by atoms with van der Waals surface area (Å²) in [7, 11) is 1.64. The van der Waals surface area contributed by atoms with Gasteiger partial charge in [0.05, 0.1) is 34.0 Å². The molecule has 0 saturated carbocycles. The third kappa shape index (κ3) is 43.8. The molecule has 326 valence electrons. The van der Waals surface area contributed by atoms with Crippen molar-refractivity contribution in [1.82, 2.24) is 0 Å². The number of rotatable bonds is 43. The van der Waals surface area contributed by atoms with Gasteiger partial charge < -0.3 is 18.9 Å². The Balaban J connectivity index is 4.25. The van der Waals surface area contributed by atoms with Crippen LogP contribution in [-0.2, 0) is 27.9 Å². The molecular formula is C46H91NO7P+. The molecule has 0 aliphatic rings. The Hall–Kier alpha value is -1.18. The second-order valence-electron chi connectivity index (χ2n) is 16.9. The van der Waals surface area contributed by atoms with Crippen molar-refractivity contribution in [3.63, 3.8) is 0 Å². The fourth-order valence-electron chi connectivity index (χ4n) is 6.45. The van der Waals surface area contributed by atoms with E-state index in [-0.39, 0.29) is 25.8 Å². The SMILES string of the molecule is CCCCCCCC/C=C\CCCCCCCCCC(=O)O[C@H](CO/C=C\CCCCCCCCCCCCCCCC)COP(=O)(O)OCC[N+](C)(C)C. The second kappa shape index (κ2) is 39.6. The zero-order chi connectivity index (χ0) is 40.6. The molecule has 9 heteroatoms. The number of ether oxygens (including phenoxy) is 2. The van der Waals surface area contributed by atoms with Crippen molar-refractivity contribution < 1.29 is 37.3 Å². The summed E-state index contributed by atoms with van der Waals surface area (Å²) in [4.78, 5) is 22.9. The molecule has 0 amide bonds. The fourth-order valence-corrected chi connectivity index (χ4v) is 7.20. The van der Waals surface area contributed by atoms with Crippen LogP contribution in [0.3, 0.4) is 0 Å². The van der Waals surface area contributed by atoms with Crippen LogP contribution < -0.4 is 0 Å². The van der Waals surface area contributed by atoms with Crippen LogP contribution in [0.4, 0.5) is 0 Å². The molecule has 0 spiro atoms. The van der Waals surface area contributed by atoms with E-state index >= 15 is 0 Å². The lowest BCUT2D eigenvalue weighted by molar-refractivity contribution is -0.870. The maximum Gasteiger partial charge on any atom is 0.472 e. The Morgan fingerprint density at radius 2 is 0.964 bits per heavy atom. The van der Waals surface area contributed by atoms with Gasteiger partial charge in [0.1, 0.15) is 19.8 Å². The molecule has 0 aromatic heterocycles. The standard InChI is InChI=1S/C46H90NO7P/c1-6-8-10-12-14-16-18-20-22-24-25-27-29-31-33-35-37-39-46(48)54-45(44-53-55(49,50)52-42-40-47(3,4)5)43-51-41-38-36-34-32-30-28-26-23-21-19-17-15-13-11-9-7-2/h20,22,38,41,45H,6-19,21,23-37,39-40,42-44H2,1-5H3/p+1/b22-20-,41-38-/t45-/m1/s1. The summed E-state index contributed by atoms with van der Waals surface area (Å²) < 4.78 is 34.8. The number of unbranched alkanes of at least 4 members (excludes halogenated alkanes) is 27. The van der Waals surface area contributed by atoms with Gasteiger partial charge in [-0.2, -0.15) is 0 Å². The molecule has 0 heterocycles. The van der Waals surface area contributed by atoms with Gasteiger partial charge in [0.2, 0.25) is 0 Å². The van der Waals surface area contributed by atoms with E-state index in [1.807, 2.05) is 27.2 Å². The van der Waals surface area contributed by atoms with Crippen molar-refractivity contribution in [2.75, 3.05) is 47.5 Å². The summed E-state index contributed by atoms with van der Waals surface area (Å²) in [5.74, 6) is -0.338. The summed E-state index contributed by atoms with van der Waals surface area (Å²) in [5.41, 5.74) is 0. The van der Waals surface area contributed by atoms with Crippen molar-refractivity contribution >= 4 is 13.8 Å². The van der Waals surface area contributed by atoms with Crippen LogP contribution in [0.15, 0.2) is 24.5 Å². The largest absolute Gasteiger partial charge is 0.498 e. The van der Waals surface area contributed by atoms with E-state index < -0.39 is 13.9 Å². The molecular weight excluding hydrogens is 709 g/mol. The van der Waals surface area contributed by atoms with E-state index in [1.54, 1.807) is 6.26 Å². The lowest BCUT2D eigenvalue weighted by Crippen LogP contribution is -2.37. The first kappa shape index (κ1) is 53.8. The quantitative estimate of drug-likeness (QED) is 0.0164. The number of hydrogen-bond acceptors (Lipinski definition) is 6. The molecule has 0 bridgehead atoms. The van der Waals surface area contributed by atoms with Crippen molar-refractivity contribution in [2.24, 2.45) is 0 Å². The highest BCUT2D eigenvalue weighted by molar-refractivity contribution is 7.47. The molecule has 55 heavy (non-hydrogen) atoms. The molecule has 0 radical (unpaired) electrons. The Labute approximate surface area is 341 Å². The molecule has 0 aliphatic heterocycles. The van der Waals surface area contributed by atoms with Gasteiger partial charge in [-0.1, -0.05) is 174 Å². The average molecular weight is 801 g/mol. The monoisotopic (exact) mass is 801 g/mol. The van der Waals surface area contributed by atoms with Gasteiger partial charge in [-0.15, -0.1) is 0 Å². The Kier molecular flexibility index (Phi) is 38.8. The van der Waals surface area contributed by atoms with Crippen LogP contribution in [0.25, 0.3) is 0 Å². The minimum Gasteiger partial charge on any atom is -0.498 e. The van der Waals surface area contributed by atoms with E-state index in [2.05, 4.69) is 26.0 Å². The number of carbonyl (C=O) groups is 1. The Morgan fingerprint density at radius 3 is 1.40 bits per heavy atom. The van der Waals surface area contributed by atoms with E-state index in [4.69, 9.17) is 18.5 Å². The smallest absolute Gasteiger partial charge is 0.472 e. The molecule has 0 aromatic carbocycles. The Morgan fingerprint density at radius 1 is 0.564 bits per heavy atom. The van der Waals surface area contributed by atoms with Crippen LogP contribution in [0, 0.1) is 0 Å². The number of phosphoric acid groups is 1. The molecule has 8 nitrogen and oxygen atoms in total. The summed E-state index contributed by atoms with van der Waals surface area (Å²) in [5, 5.41) is 0. The molecule has 0 aromatic rings. The molecule has 0 fully saturated rings. The Bertz CT molecular complexity index is 936. The van der Waals surface area contributed by atoms with Gasteiger partial charge in [-0.3, -0.25) is 13.8 Å². The normalized spacial score (nSPS) is 13.9. The van der Waals surface area contributed by atoms with Gasteiger partial charge in [-0.05, 0) is 51.0 Å². The average Bonchev–Trinajstić information content (AvgIpc) is 3.13. The second-order valence-corrected chi connectivity index (χ2v) is 18.3. The van der Waals surface area contributed by atoms with Gasteiger partial charge in [0.15, 0.2) is 6.10 Å². The number of likely N-dealkylation sites (N-methyl/N-ethyl adjacent to an activating group) is 1. The summed E-state index contributed by atoms with van der Waals surface area (Å²) in [6.07, 6.45) is 45.9. The van der Waals surface area contributed by atoms with E-state index in [1.165, 1.54) is 161 Å². The maximum atomic E-state index is 12.7. The molecule has 1 unspecified atom stereocenters. The summed E-state index contributed by atoms with van der Waals surface area (Å²) >= 11 is 0. The highest BCUT2D eigenvalue weighted by atomic mass is 31.2. The summed E-state index contributed by atoms with van der Waals surface area (Å²) in [6, 6.07) is 0. The number of carbonyl (C=O) groups excluding carboxylic acids is 1. The number of allylic oxidation sites excluding steroid dienone is 3. The van der Waals surface area contributed by atoms with E-state index in [0.717, 1.165) is 32.1 Å². The molecule has 0 rings (SSSR count). The number of hydrogen-bond donors (Lipinski definition) is 1. The van der Waals surface area contributed by atoms with Gasteiger partial charge in [0.25, 0.3) is 0 Å². The van der Waals surface area contributed by atoms with Gasteiger partial charge in [-0.25, -0.2) is 4.57 Å². The maximum absolute atomic E-state index is 12.7. The van der Waals surface area contributed by atoms with Crippen LogP contribution >= 0.6 is 7.82 Å². The van der Waals surface area contributed by atoms with Crippen molar-refractivity contribution in [3.8, 4) is 0 Å². The van der Waals surface area contributed by atoms with Gasteiger partial charge in [0, 0.05) is 6.42 Å². The number of quaternary nitrogens is 1. The minimum atomic E-state index is -4.29. The van der Waals surface area contributed by atoms with Crippen molar-refractivity contribution in [2.45, 2.75) is 219 Å². The number of nitrogens with zero attached hydrogens (tertiary/aromatic N) is 1. The topological polar surface area (TPSA) is 91.3 Å². The number of esters is 1. The molecule has 0 aliphatic carbocycles. The molecule has 0 saturated heterocycles. The van der Waals surface area contributed by atoms with E-state index in [9.17, 15) is 14.3 Å². The first-order valence-corrected chi connectivity index (χ1v) is 24.6. The van der Waals surface area contributed by atoms with Crippen LogP contribution in [0.1, 0.15) is 213 Å². The fraction of sp³-hybridized carbons (Fsp3) is 0.891. The predicted molar refractivity (Wildman–Crippen MR) is 233 cm³/mol. The molecule has 2 atom stereocenters. The third-order valence-corrected chi connectivity index (χ3v) is 11.1. The van der Waals surface area contributed by atoms with Crippen molar-refractivity contribution in [1.29, 1.82) is 0 Å². The lowest BCUT2D eigenvalue weighted by Gasteiger charge is -2.24. The van der Waals surface area contributed by atoms with Crippen LogP contribution in [0.2, 0.25) is 0 Å². The highest BCUT2D eigenvalue weighted by Gasteiger charge is 2.26. The van der Waals surface area contributed by atoms with Crippen LogP contribution in [-0.4, -0.2) is 69.0 Å². The third-order valence-electron chi connectivity index (χ3n) is 10.1. The number of phosphoric ester groups is 1. The first-order valence-electron chi connectivity index (χ1n) is 23.1. The van der Waals surface area contributed by atoms with Gasteiger partial charge >= 0.3 is 13.8 Å². The molecule has 1 N–H and O–H groups in total. The minimum absolute atomic E-state index is 0.0497. The first-order chi connectivity index (χ1) is 26.6. The van der Waals surface area contributed by atoms with Crippen LogP contribution in [0.5, 0.6) is 0 Å². The van der Waals surface area contributed by atoms with E-state index in [0.29, 0.717) is 17.4 Å². The summed E-state index contributed by atoms with van der Waals surface area (Å²) in [6.45, 7) is 4.95. The predicted octanol–water partition coefficient (Wildman–Crippen LogP) is 14.0. The zero-order valence-corrected chi connectivity index (χ0v) is 37.8. The van der Waals surface area contributed by atoms with Crippen molar-refractivity contribution in [3.05, 3.63) is 24.5 Å².